The summed E-state index contributed by atoms with van der Waals surface area (Å²) in [7, 11) is 1.60. The molecule has 5 nitrogen and oxygen atoms in total. The molecule has 1 atom stereocenters. The Kier molecular flexibility index (Phi) is 8.22. The summed E-state index contributed by atoms with van der Waals surface area (Å²) in [5.74, 6) is 0.454. The summed E-state index contributed by atoms with van der Waals surface area (Å²) in [5.41, 5.74) is 1.35. The van der Waals surface area contributed by atoms with Gasteiger partial charge in [0, 0.05) is 38.3 Å². The Morgan fingerprint density at radius 3 is 2.70 bits per heavy atom. The van der Waals surface area contributed by atoms with E-state index in [9.17, 15) is 9.18 Å². The van der Waals surface area contributed by atoms with E-state index in [2.05, 4.69) is 17.1 Å². The van der Waals surface area contributed by atoms with Gasteiger partial charge in [0.05, 0.1) is 6.61 Å². The highest BCUT2D eigenvalue weighted by atomic mass is 19.1. The van der Waals surface area contributed by atoms with Crippen LogP contribution in [0, 0.1) is 5.82 Å². The number of carbonyl (C=O) groups excluding carboxylic acids is 1. The molecule has 2 aromatic rings. The van der Waals surface area contributed by atoms with Crippen LogP contribution in [0.5, 0.6) is 5.75 Å². The Hall–Kier alpha value is -2.44. The molecule has 0 spiro atoms. The molecule has 0 saturated carbocycles. The Labute approximate surface area is 178 Å². The molecule has 1 N–H and O–H groups in total. The van der Waals surface area contributed by atoms with Crippen molar-refractivity contribution in [3.63, 3.8) is 0 Å². The number of hydrogen-bond acceptors (Lipinski definition) is 4. The van der Waals surface area contributed by atoms with E-state index in [4.69, 9.17) is 9.47 Å². The number of amides is 1. The lowest BCUT2D eigenvalue weighted by atomic mass is 10.0. The van der Waals surface area contributed by atoms with Gasteiger partial charge in [-0.2, -0.15) is 0 Å². The Morgan fingerprint density at radius 2 is 1.97 bits per heavy atom. The van der Waals surface area contributed by atoms with E-state index in [1.54, 1.807) is 25.3 Å². The largest absolute Gasteiger partial charge is 0.490 e. The monoisotopic (exact) mass is 414 g/mol. The molecule has 30 heavy (non-hydrogen) atoms. The highest BCUT2D eigenvalue weighted by Crippen LogP contribution is 2.22. The van der Waals surface area contributed by atoms with Crippen molar-refractivity contribution in [1.29, 1.82) is 0 Å². The van der Waals surface area contributed by atoms with Gasteiger partial charge < -0.3 is 19.7 Å². The fourth-order valence-corrected chi connectivity index (χ4v) is 3.82. The number of piperidine rings is 1. The van der Waals surface area contributed by atoms with Crippen molar-refractivity contribution >= 4 is 5.91 Å². The van der Waals surface area contributed by atoms with Gasteiger partial charge in [-0.3, -0.25) is 4.79 Å². The second kappa shape index (κ2) is 11.1. The van der Waals surface area contributed by atoms with E-state index in [1.165, 1.54) is 6.07 Å². The number of carbonyl (C=O) groups is 1. The van der Waals surface area contributed by atoms with Crippen molar-refractivity contribution < 1.29 is 18.7 Å². The maximum absolute atomic E-state index is 13.9. The lowest BCUT2D eigenvalue weighted by Gasteiger charge is -2.36. The van der Waals surface area contributed by atoms with Crippen LogP contribution >= 0.6 is 0 Å². The first-order chi connectivity index (χ1) is 14.6. The van der Waals surface area contributed by atoms with Crippen LogP contribution < -0.4 is 10.1 Å². The number of nitrogens with zero attached hydrogens (tertiary/aromatic N) is 1. The summed E-state index contributed by atoms with van der Waals surface area (Å²) in [4.78, 5) is 14.6. The third-order valence-electron chi connectivity index (χ3n) is 5.56. The van der Waals surface area contributed by atoms with Gasteiger partial charge in [-0.25, -0.2) is 4.39 Å². The molecule has 0 aromatic heterocycles. The minimum atomic E-state index is -0.131. The van der Waals surface area contributed by atoms with Crippen molar-refractivity contribution in [1.82, 2.24) is 10.2 Å². The third kappa shape index (κ3) is 6.28. The zero-order chi connectivity index (χ0) is 21.3. The van der Waals surface area contributed by atoms with Crippen LogP contribution in [0.2, 0.25) is 0 Å². The lowest BCUT2D eigenvalue weighted by Crippen LogP contribution is -2.43. The Balaban J connectivity index is 1.48. The van der Waals surface area contributed by atoms with E-state index < -0.39 is 0 Å². The SMILES string of the molecule is COCCNC(=O)c1cccc(OC2CCN([C@H](C)Cc3ccccc3F)CC2)c1. The zero-order valence-corrected chi connectivity index (χ0v) is 17.8. The van der Waals surface area contributed by atoms with Crippen molar-refractivity contribution in [3.05, 3.63) is 65.5 Å². The van der Waals surface area contributed by atoms with Crippen molar-refractivity contribution in [2.45, 2.75) is 38.3 Å². The first-order valence-corrected chi connectivity index (χ1v) is 10.6. The van der Waals surface area contributed by atoms with Crippen LogP contribution in [0.25, 0.3) is 0 Å². The van der Waals surface area contributed by atoms with Gasteiger partial charge in [0.2, 0.25) is 0 Å². The molecule has 1 aliphatic heterocycles. The standard InChI is InChI=1S/C24H31FN2O3/c1-18(16-19-6-3-4-9-23(19)25)27-13-10-21(11-14-27)30-22-8-5-7-20(17-22)24(28)26-12-15-29-2/h3-9,17-18,21H,10-16H2,1-2H3,(H,26,28)/t18-/m1/s1. The summed E-state index contributed by atoms with van der Waals surface area (Å²) in [5, 5.41) is 2.82. The smallest absolute Gasteiger partial charge is 0.251 e. The van der Waals surface area contributed by atoms with Crippen LogP contribution in [0.15, 0.2) is 48.5 Å². The third-order valence-corrected chi connectivity index (χ3v) is 5.56. The van der Waals surface area contributed by atoms with E-state index in [0.29, 0.717) is 30.9 Å². The summed E-state index contributed by atoms with van der Waals surface area (Å²) in [6.45, 7) is 4.94. The quantitative estimate of drug-likeness (QED) is 0.636. The molecular formula is C24H31FN2O3. The average Bonchev–Trinajstić information content (AvgIpc) is 2.76. The minimum Gasteiger partial charge on any atom is -0.490 e. The topological polar surface area (TPSA) is 50.8 Å². The zero-order valence-electron chi connectivity index (χ0n) is 17.8. The predicted octanol–water partition coefficient (Wildman–Crippen LogP) is 3.68. The molecule has 1 fully saturated rings. The number of halogens is 1. The second-order valence-corrected chi connectivity index (χ2v) is 7.77. The predicted molar refractivity (Wildman–Crippen MR) is 115 cm³/mol. The average molecular weight is 415 g/mol. The van der Waals surface area contributed by atoms with Crippen molar-refractivity contribution in [2.75, 3.05) is 33.4 Å². The van der Waals surface area contributed by atoms with Crippen LogP contribution in [0.1, 0.15) is 35.7 Å². The number of rotatable bonds is 9. The van der Waals surface area contributed by atoms with Crippen LogP contribution in [0.3, 0.4) is 0 Å². The molecule has 1 amide bonds. The molecule has 2 aromatic carbocycles. The van der Waals surface area contributed by atoms with Gasteiger partial charge in [-0.1, -0.05) is 24.3 Å². The number of likely N-dealkylation sites (tertiary alicyclic amines) is 1. The number of ether oxygens (including phenoxy) is 2. The molecular weight excluding hydrogens is 383 g/mol. The van der Waals surface area contributed by atoms with Crippen LogP contribution in [0.4, 0.5) is 4.39 Å². The summed E-state index contributed by atoms with van der Waals surface area (Å²) in [6.07, 6.45) is 2.64. The molecule has 0 aliphatic carbocycles. The highest BCUT2D eigenvalue weighted by molar-refractivity contribution is 5.94. The fraction of sp³-hybridized carbons (Fsp3) is 0.458. The summed E-state index contributed by atoms with van der Waals surface area (Å²) < 4.78 is 25.0. The van der Waals surface area contributed by atoms with E-state index in [-0.39, 0.29) is 23.9 Å². The molecule has 0 unspecified atom stereocenters. The highest BCUT2D eigenvalue weighted by Gasteiger charge is 2.24. The molecule has 0 bridgehead atoms. The van der Waals surface area contributed by atoms with Crippen LogP contribution in [-0.4, -0.2) is 56.3 Å². The van der Waals surface area contributed by atoms with E-state index >= 15 is 0 Å². The minimum absolute atomic E-state index is 0.119. The molecule has 1 heterocycles. The van der Waals surface area contributed by atoms with Gasteiger partial charge in [0.25, 0.3) is 5.91 Å². The van der Waals surface area contributed by atoms with E-state index in [1.807, 2.05) is 24.3 Å². The molecule has 1 aliphatic rings. The van der Waals surface area contributed by atoms with Crippen LogP contribution in [-0.2, 0) is 11.2 Å². The fourth-order valence-electron chi connectivity index (χ4n) is 3.82. The molecule has 162 valence electrons. The van der Waals surface area contributed by atoms with Gasteiger partial charge in [0.15, 0.2) is 0 Å². The van der Waals surface area contributed by atoms with Gasteiger partial charge >= 0.3 is 0 Å². The molecule has 3 rings (SSSR count). The number of nitrogens with one attached hydrogen (secondary N) is 1. The maximum Gasteiger partial charge on any atom is 0.251 e. The van der Waals surface area contributed by atoms with Gasteiger partial charge in [-0.05, 0) is 56.0 Å². The normalized spacial score (nSPS) is 16.2. The maximum atomic E-state index is 13.9. The molecule has 0 radical (unpaired) electrons. The number of hydrogen-bond donors (Lipinski definition) is 1. The van der Waals surface area contributed by atoms with Gasteiger partial charge in [0.1, 0.15) is 17.7 Å². The number of benzene rings is 2. The first kappa shape index (κ1) is 22.2. The Bertz CT molecular complexity index is 822. The van der Waals surface area contributed by atoms with E-state index in [0.717, 1.165) is 31.5 Å². The Morgan fingerprint density at radius 1 is 1.20 bits per heavy atom. The second-order valence-electron chi connectivity index (χ2n) is 7.77. The molecule has 1 saturated heterocycles. The lowest BCUT2D eigenvalue weighted by molar-refractivity contribution is 0.0793. The van der Waals surface area contributed by atoms with Gasteiger partial charge in [-0.15, -0.1) is 0 Å². The first-order valence-electron chi connectivity index (χ1n) is 10.6. The molecule has 6 heteroatoms. The number of methoxy groups -OCH3 is 1. The van der Waals surface area contributed by atoms with Crippen molar-refractivity contribution in [2.24, 2.45) is 0 Å². The summed E-state index contributed by atoms with van der Waals surface area (Å²) >= 11 is 0. The summed E-state index contributed by atoms with van der Waals surface area (Å²) in [6, 6.07) is 14.6. The van der Waals surface area contributed by atoms with Crippen molar-refractivity contribution in [3.8, 4) is 5.75 Å².